The van der Waals surface area contributed by atoms with Gasteiger partial charge in [-0.1, -0.05) is 46.3 Å². The number of imidazole rings is 1. The molecule has 0 saturated heterocycles. The van der Waals surface area contributed by atoms with Crippen LogP contribution in [0.3, 0.4) is 0 Å². The summed E-state index contributed by atoms with van der Waals surface area (Å²) in [6, 6.07) is 16.8. The number of benzene rings is 2. The number of aromatic amines is 1. The van der Waals surface area contributed by atoms with E-state index in [0.29, 0.717) is 0 Å². The molecule has 4 heteroatoms. The van der Waals surface area contributed by atoms with Gasteiger partial charge in [0, 0.05) is 10.5 Å². The van der Waals surface area contributed by atoms with Gasteiger partial charge in [0.05, 0.1) is 17.1 Å². The number of hydrogen-bond donors (Lipinski definition) is 2. The number of fused-ring (bicyclic) bond motifs is 1. The smallest absolute Gasteiger partial charge is 0.124 e. The maximum absolute atomic E-state index is 4.65. The van der Waals surface area contributed by atoms with Gasteiger partial charge in [0.25, 0.3) is 0 Å². The zero-order valence-electron chi connectivity index (χ0n) is 12.1. The van der Waals surface area contributed by atoms with Gasteiger partial charge >= 0.3 is 0 Å². The van der Waals surface area contributed by atoms with E-state index >= 15 is 0 Å². The summed E-state index contributed by atoms with van der Waals surface area (Å²) < 4.78 is 1.13. The highest BCUT2D eigenvalue weighted by molar-refractivity contribution is 9.10. The number of H-pyrrole nitrogens is 1. The molecule has 3 aromatic rings. The Balaban J connectivity index is 1.79. The van der Waals surface area contributed by atoms with Crippen LogP contribution in [0.1, 0.15) is 37.3 Å². The number of halogens is 1. The van der Waals surface area contributed by atoms with Crippen molar-refractivity contribution in [2.45, 2.75) is 25.9 Å². The molecule has 3 nitrogen and oxygen atoms in total. The molecule has 0 bridgehead atoms. The molecular weight excluding hydrogens is 326 g/mol. The molecule has 1 aromatic heterocycles. The SMILES string of the molecule is CC(NC(C)c1ccccc1Br)c1nc2ccccc2[nH]1. The van der Waals surface area contributed by atoms with E-state index in [2.05, 4.69) is 69.3 Å². The molecule has 3 rings (SSSR count). The molecule has 0 aliphatic rings. The first-order valence-corrected chi connectivity index (χ1v) is 7.89. The molecule has 0 spiro atoms. The minimum Gasteiger partial charge on any atom is -0.341 e. The molecule has 0 fully saturated rings. The van der Waals surface area contributed by atoms with Crippen LogP contribution in [0.5, 0.6) is 0 Å². The molecule has 0 saturated carbocycles. The standard InChI is InChI=1S/C17H18BrN3/c1-11(13-7-3-4-8-14(13)18)19-12(2)17-20-15-9-5-6-10-16(15)21-17/h3-12,19H,1-2H3,(H,20,21). The van der Waals surface area contributed by atoms with Gasteiger partial charge in [0.15, 0.2) is 0 Å². The van der Waals surface area contributed by atoms with Crippen LogP contribution in [0.25, 0.3) is 11.0 Å². The van der Waals surface area contributed by atoms with Crippen molar-refractivity contribution in [2.24, 2.45) is 0 Å². The predicted octanol–water partition coefficient (Wildman–Crippen LogP) is 4.74. The van der Waals surface area contributed by atoms with Gasteiger partial charge < -0.3 is 10.3 Å². The molecule has 108 valence electrons. The fourth-order valence-electron chi connectivity index (χ4n) is 2.55. The van der Waals surface area contributed by atoms with E-state index in [4.69, 9.17) is 0 Å². The molecule has 0 aliphatic heterocycles. The molecular formula is C17H18BrN3. The van der Waals surface area contributed by atoms with Crippen LogP contribution in [0.15, 0.2) is 53.0 Å². The lowest BCUT2D eigenvalue weighted by molar-refractivity contribution is 0.479. The van der Waals surface area contributed by atoms with Crippen molar-refractivity contribution >= 4 is 27.0 Å². The Morgan fingerprint density at radius 1 is 1.00 bits per heavy atom. The van der Waals surface area contributed by atoms with Crippen molar-refractivity contribution in [1.82, 2.24) is 15.3 Å². The predicted molar refractivity (Wildman–Crippen MR) is 90.2 cm³/mol. The van der Waals surface area contributed by atoms with Crippen LogP contribution in [0, 0.1) is 0 Å². The third-order valence-corrected chi connectivity index (χ3v) is 4.41. The Hall–Kier alpha value is -1.65. The number of nitrogens with one attached hydrogen (secondary N) is 2. The highest BCUT2D eigenvalue weighted by atomic mass is 79.9. The summed E-state index contributed by atoms with van der Waals surface area (Å²) in [6.07, 6.45) is 0. The van der Waals surface area contributed by atoms with Crippen LogP contribution in [-0.2, 0) is 0 Å². The van der Waals surface area contributed by atoms with Crippen LogP contribution in [-0.4, -0.2) is 9.97 Å². The molecule has 21 heavy (non-hydrogen) atoms. The van der Waals surface area contributed by atoms with Gasteiger partial charge in [-0.05, 0) is 37.6 Å². The maximum atomic E-state index is 4.65. The molecule has 2 unspecified atom stereocenters. The Morgan fingerprint density at radius 3 is 2.48 bits per heavy atom. The largest absolute Gasteiger partial charge is 0.341 e. The van der Waals surface area contributed by atoms with Crippen molar-refractivity contribution in [2.75, 3.05) is 0 Å². The number of para-hydroxylation sites is 2. The summed E-state index contributed by atoms with van der Waals surface area (Å²) in [7, 11) is 0. The van der Waals surface area contributed by atoms with Gasteiger partial charge in [0.2, 0.25) is 0 Å². The van der Waals surface area contributed by atoms with Crippen molar-refractivity contribution in [3.05, 3.63) is 64.4 Å². The minimum atomic E-state index is 0.152. The number of hydrogen-bond acceptors (Lipinski definition) is 2. The zero-order chi connectivity index (χ0) is 14.8. The van der Waals surface area contributed by atoms with Gasteiger partial charge in [-0.25, -0.2) is 4.98 Å². The molecule has 2 aromatic carbocycles. The van der Waals surface area contributed by atoms with Crippen LogP contribution < -0.4 is 5.32 Å². The van der Waals surface area contributed by atoms with E-state index in [0.717, 1.165) is 21.3 Å². The molecule has 0 radical (unpaired) electrons. The first kappa shape index (κ1) is 14.3. The van der Waals surface area contributed by atoms with E-state index in [9.17, 15) is 0 Å². The molecule has 0 aliphatic carbocycles. The molecule has 2 N–H and O–H groups in total. The Labute approximate surface area is 132 Å². The van der Waals surface area contributed by atoms with Crippen molar-refractivity contribution in [3.63, 3.8) is 0 Å². The average molecular weight is 344 g/mol. The average Bonchev–Trinajstić information content (AvgIpc) is 2.91. The summed E-state index contributed by atoms with van der Waals surface area (Å²) in [5.74, 6) is 0.968. The Kier molecular flexibility index (Phi) is 4.08. The van der Waals surface area contributed by atoms with Crippen molar-refractivity contribution < 1.29 is 0 Å². The van der Waals surface area contributed by atoms with Gasteiger partial charge in [0.1, 0.15) is 5.82 Å². The van der Waals surface area contributed by atoms with Gasteiger partial charge in [-0.3, -0.25) is 0 Å². The van der Waals surface area contributed by atoms with E-state index in [1.807, 2.05) is 24.3 Å². The third kappa shape index (κ3) is 3.01. The molecule has 0 amide bonds. The number of rotatable bonds is 4. The lowest BCUT2D eigenvalue weighted by Gasteiger charge is -2.20. The lowest BCUT2D eigenvalue weighted by Crippen LogP contribution is -2.23. The molecule has 1 heterocycles. The molecule has 2 atom stereocenters. The summed E-state index contributed by atoms with van der Waals surface area (Å²) in [5.41, 5.74) is 3.34. The van der Waals surface area contributed by atoms with Crippen LogP contribution in [0.4, 0.5) is 0 Å². The summed E-state index contributed by atoms with van der Waals surface area (Å²) in [6.45, 7) is 4.30. The lowest BCUT2D eigenvalue weighted by atomic mass is 10.1. The normalized spacial score (nSPS) is 14.2. The quantitative estimate of drug-likeness (QED) is 0.718. The van der Waals surface area contributed by atoms with E-state index in [1.54, 1.807) is 0 Å². The zero-order valence-corrected chi connectivity index (χ0v) is 13.7. The van der Waals surface area contributed by atoms with Crippen LogP contribution >= 0.6 is 15.9 Å². The monoisotopic (exact) mass is 343 g/mol. The fourth-order valence-corrected chi connectivity index (χ4v) is 3.18. The van der Waals surface area contributed by atoms with E-state index in [-0.39, 0.29) is 12.1 Å². The van der Waals surface area contributed by atoms with Crippen molar-refractivity contribution in [1.29, 1.82) is 0 Å². The van der Waals surface area contributed by atoms with Crippen molar-refractivity contribution in [3.8, 4) is 0 Å². The minimum absolute atomic E-state index is 0.152. The van der Waals surface area contributed by atoms with E-state index in [1.165, 1.54) is 5.56 Å². The third-order valence-electron chi connectivity index (χ3n) is 3.69. The Morgan fingerprint density at radius 2 is 1.71 bits per heavy atom. The number of aromatic nitrogens is 2. The van der Waals surface area contributed by atoms with Gasteiger partial charge in [-0.15, -0.1) is 0 Å². The highest BCUT2D eigenvalue weighted by Gasteiger charge is 2.15. The highest BCUT2D eigenvalue weighted by Crippen LogP contribution is 2.25. The maximum Gasteiger partial charge on any atom is 0.124 e. The first-order chi connectivity index (χ1) is 10.1. The van der Waals surface area contributed by atoms with Gasteiger partial charge in [-0.2, -0.15) is 0 Å². The first-order valence-electron chi connectivity index (χ1n) is 7.10. The fraction of sp³-hybridized carbons (Fsp3) is 0.235. The topological polar surface area (TPSA) is 40.7 Å². The number of nitrogens with zero attached hydrogens (tertiary/aromatic N) is 1. The summed E-state index contributed by atoms with van der Waals surface area (Å²) in [5, 5.41) is 3.59. The second-order valence-corrected chi connectivity index (χ2v) is 6.13. The van der Waals surface area contributed by atoms with E-state index < -0.39 is 0 Å². The summed E-state index contributed by atoms with van der Waals surface area (Å²) in [4.78, 5) is 8.03. The second kappa shape index (κ2) is 6.00. The second-order valence-electron chi connectivity index (χ2n) is 5.27. The Bertz CT molecular complexity index is 717. The van der Waals surface area contributed by atoms with Crippen LogP contribution in [0.2, 0.25) is 0 Å². The summed E-state index contributed by atoms with van der Waals surface area (Å²) >= 11 is 3.61.